The minimum atomic E-state index is -2.87. The van der Waals surface area contributed by atoms with E-state index in [-0.39, 0.29) is 38.8 Å². The maximum Gasteiger partial charge on any atom is 0.282 e. The Morgan fingerprint density at radius 3 is 2.50 bits per heavy atom. The van der Waals surface area contributed by atoms with Crippen LogP contribution in [0.3, 0.4) is 0 Å². The van der Waals surface area contributed by atoms with Gasteiger partial charge < -0.3 is 5.32 Å². The normalized spacial score (nSPS) is 11.2. The SMILES string of the molecule is Cc1cc(Cl)cc(C(=O)NC(C)C)c1N(C(=O)c1cc(C(F)F)n[nH]1)c1ncccc1Cl. The van der Waals surface area contributed by atoms with Crippen LogP contribution in [0.15, 0.2) is 36.5 Å². The molecule has 2 N–H and O–H groups in total. The van der Waals surface area contributed by atoms with E-state index in [2.05, 4.69) is 20.5 Å². The van der Waals surface area contributed by atoms with Gasteiger partial charge in [-0.05, 0) is 56.7 Å². The number of H-pyrrole nitrogens is 1. The van der Waals surface area contributed by atoms with Gasteiger partial charge in [-0.3, -0.25) is 19.6 Å². The number of amides is 2. The number of nitrogens with one attached hydrogen (secondary N) is 2. The Morgan fingerprint density at radius 1 is 1.19 bits per heavy atom. The van der Waals surface area contributed by atoms with Crippen LogP contribution >= 0.6 is 23.2 Å². The van der Waals surface area contributed by atoms with Gasteiger partial charge in [-0.1, -0.05) is 23.2 Å². The van der Waals surface area contributed by atoms with Gasteiger partial charge in [0.25, 0.3) is 18.2 Å². The summed E-state index contributed by atoms with van der Waals surface area (Å²) in [6, 6.07) is 6.81. The average Bonchev–Trinajstić information content (AvgIpc) is 3.20. The number of aromatic nitrogens is 3. The molecular formula is C21H19Cl2F2N5O2. The van der Waals surface area contributed by atoms with Gasteiger partial charge in [-0.15, -0.1) is 0 Å². The van der Waals surface area contributed by atoms with Crippen molar-refractivity contribution in [2.75, 3.05) is 4.90 Å². The Kier molecular flexibility index (Phi) is 7.10. The van der Waals surface area contributed by atoms with E-state index in [1.807, 2.05) is 0 Å². The molecule has 2 amide bonds. The van der Waals surface area contributed by atoms with Gasteiger partial charge >= 0.3 is 0 Å². The van der Waals surface area contributed by atoms with Crippen LogP contribution in [-0.2, 0) is 0 Å². The van der Waals surface area contributed by atoms with Gasteiger partial charge in [-0.25, -0.2) is 13.8 Å². The number of rotatable bonds is 6. The van der Waals surface area contributed by atoms with Crippen LogP contribution in [0.1, 0.15) is 52.4 Å². The number of pyridine rings is 1. The fourth-order valence-corrected chi connectivity index (χ4v) is 3.55. The Balaban J connectivity index is 2.26. The lowest BCUT2D eigenvalue weighted by molar-refractivity contribution is 0.0943. The lowest BCUT2D eigenvalue weighted by Gasteiger charge is -2.26. The van der Waals surface area contributed by atoms with Crippen molar-refractivity contribution in [3.63, 3.8) is 0 Å². The highest BCUT2D eigenvalue weighted by molar-refractivity contribution is 6.34. The molecule has 0 fully saturated rings. The molecule has 0 atom stereocenters. The second kappa shape index (κ2) is 9.62. The van der Waals surface area contributed by atoms with Crippen LogP contribution in [0.2, 0.25) is 10.0 Å². The Hall–Kier alpha value is -3.04. The van der Waals surface area contributed by atoms with E-state index in [9.17, 15) is 18.4 Å². The van der Waals surface area contributed by atoms with Gasteiger partial charge in [0.15, 0.2) is 5.82 Å². The van der Waals surface area contributed by atoms with Crippen molar-refractivity contribution in [1.29, 1.82) is 0 Å². The smallest absolute Gasteiger partial charge is 0.282 e. The number of aromatic amines is 1. The Morgan fingerprint density at radius 2 is 1.91 bits per heavy atom. The minimum absolute atomic E-state index is 0.0105. The van der Waals surface area contributed by atoms with Crippen LogP contribution in [0.4, 0.5) is 20.3 Å². The van der Waals surface area contributed by atoms with E-state index in [1.165, 1.54) is 18.3 Å². The van der Waals surface area contributed by atoms with Crippen LogP contribution in [0.5, 0.6) is 0 Å². The Bertz CT molecular complexity index is 1170. The molecule has 1 aromatic carbocycles. The van der Waals surface area contributed by atoms with Crippen LogP contribution in [0.25, 0.3) is 0 Å². The summed E-state index contributed by atoms with van der Waals surface area (Å²) in [5, 5.41) is 8.96. The van der Waals surface area contributed by atoms with E-state index in [0.717, 1.165) is 11.0 Å². The summed E-state index contributed by atoms with van der Waals surface area (Å²) in [6.45, 7) is 5.22. The molecule has 7 nitrogen and oxygen atoms in total. The third kappa shape index (κ3) is 4.89. The lowest BCUT2D eigenvalue weighted by Crippen LogP contribution is -2.34. The summed E-state index contributed by atoms with van der Waals surface area (Å²) < 4.78 is 26.1. The summed E-state index contributed by atoms with van der Waals surface area (Å²) in [5.41, 5.74) is -0.105. The highest BCUT2D eigenvalue weighted by Gasteiger charge is 2.31. The van der Waals surface area contributed by atoms with Gasteiger partial charge in [0.05, 0.1) is 16.3 Å². The number of halogens is 4. The zero-order chi connectivity index (χ0) is 23.6. The van der Waals surface area contributed by atoms with Crippen molar-refractivity contribution < 1.29 is 18.4 Å². The maximum absolute atomic E-state index is 13.5. The fraction of sp³-hybridized carbons (Fsp3) is 0.238. The van der Waals surface area contributed by atoms with E-state index >= 15 is 0 Å². The summed E-state index contributed by atoms with van der Waals surface area (Å²) >= 11 is 12.5. The minimum Gasteiger partial charge on any atom is -0.350 e. The van der Waals surface area contributed by atoms with Crippen molar-refractivity contribution in [3.8, 4) is 0 Å². The molecule has 32 heavy (non-hydrogen) atoms. The Labute approximate surface area is 192 Å². The standard InChI is InChI=1S/C21H19Cl2F2N5O2/c1-10(2)27-20(31)13-8-12(22)7-11(3)17(13)30(19-14(23)5-4-6-26-19)21(32)16-9-15(18(24)25)28-29-16/h4-10,18H,1-3H3,(H,27,31)(H,28,29). The first-order valence-corrected chi connectivity index (χ1v) is 10.2. The number of hydrogen-bond donors (Lipinski definition) is 2. The molecule has 0 aliphatic carbocycles. The predicted octanol–water partition coefficient (Wildman–Crippen LogP) is 5.47. The lowest BCUT2D eigenvalue weighted by atomic mass is 10.0. The number of nitrogens with zero attached hydrogens (tertiary/aromatic N) is 3. The predicted molar refractivity (Wildman–Crippen MR) is 118 cm³/mol. The highest BCUT2D eigenvalue weighted by Crippen LogP contribution is 2.37. The van der Waals surface area contributed by atoms with Crippen LogP contribution < -0.4 is 10.2 Å². The van der Waals surface area contributed by atoms with Gasteiger partial charge in [0.2, 0.25) is 0 Å². The van der Waals surface area contributed by atoms with Crippen molar-refractivity contribution in [1.82, 2.24) is 20.5 Å². The number of carbonyl (C=O) groups excluding carboxylic acids is 2. The van der Waals surface area contributed by atoms with Crippen LogP contribution in [0, 0.1) is 6.92 Å². The molecule has 2 heterocycles. The number of carbonyl (C=O) groups is 2. The number of aryl methyl sites for hydroxylation is 1. The quantitative estimate of drug-likeness (QED) is 0.487. The number of anilines is 2. The molecule has 0 spiro atoms. The van der Waals surface area contributed by atoms with E-state index in [0.29, 0.717) is 5.56 Å². The zero-order valence-electron chi connectivity index (χ0n) is 17.3. The van der Waals surface area contributed by atoms with Gasteiger partial charge in [-0.2, -0.15) is 5.10 Å². The van der Waals surface area contributed by atoms with E-state index in [4.69, 9.17) is 23.2 Å². The first kappa shape index (κ1) is 23.6. The third-order valence-corrected chi connectivity index (χ3v) is 4.87. The summed E-state index contributed by atoms with van der Waals surface area (Å²) in [6.07, 6.45) is -1.46. The number of benzene rings is 1. The van der Waals surface area contributed by atoms with Gasteiger partial charge in [0, 0.05) is 17.3 Å². The van der Waals surface area contributed by atoms with E-state index in [1.54, 1.807) is 32.9 Å². The molecule has 3 aromatic rings. The number of alkyl halides is 2. The molecule has 0 bridgehead atoms. The monoisotopic (exact) mass is 481 g/mol. The molecule has 2 aromatic heterocycles. The molecule has 0 aliphatic heterocycles. The molecular weight excluding hydrogens is 463 g/mol. The first-order chi connectivity index (χ1) is 15.1. The first-order valence-electron chi connectivity index (χ1n) is 9.49. The molecule has 168 valence electrons. The van der Waals surface area contributed by atoms with Crippen LogP contribution in [-0.4, -0.2) is 33.0 Å². The molecule has 0 unspecified atom stereocenters. The molecule has 11 heteroatoms. The fourth-order valence-electron chi connectivity index (χ4n) is 3.07. The van der Waals surface area contributed by atoms with Crippen molar-refractivity contribution in [3.05, 3.63) is 69.1 Å². The van der Waals surface area contributed by atoms with Gasteiger partial charge in [0.1, 0.15) is 11.4 Å². The second-order valence-electron chi connectivity index (χ2n) is 7.20. The number of hydrogen-bond acceptors (Lipinski definition) is 4. The van der Waals surface area contributed by atoms with Crippen molar-refractivity contribution >= 4 is 46.5 Å². The molecule has 3 rings (SSSR count). The maximum atomic E-state index is 13.5. The topological polar surface area (TPSA) is 91.0 Å². The largest absolute Gasteiger partial charge is 0.350 e. The molecule has 0 saturated carbocycles. The van der Waals surface area contributed by atoms with E-state index < -0.39 is 23.9 Å². The summed E-state index contributed by atoms with van der Waals surface area (Å²) in [7, 11) is 0. The highest BCUT2D eigenvalue weighted by atomic mass is 35.5. The van der Waals surface area contributed by atoms with Crippen molar-refractivity contribution in [2.45, 2.75) is 33.2 Å². The average molecular weight is 482 g/mol. The summed E-state index contributed by atoms with van der Waals surface area (Å²) in [5.74, 6) is -1.26. The molecule has 0 aliphatic rings. The summed E-state index contributed by atoms with van der Waals surface area (Å²) in [4.78, 5) is 31.8. The molecule has 0 saturated heterocycles. The zero-order valence-corrected chi connectivity index (χ0v) is 18.8. The second-order valence-corrected chi connectivity index (χ2v) is 8.05. The molecule has 0 radical (unpaired) electrons. The van der Waals surface area contributed by atoms with Crippen molar-refractivity contribution in [2.24, 2.45) is 0 Å². The third-order valence-electron chi connectivity index (χ3n) is 4.36.